The minimum absolute atomic E-state index is 0.0204. The molecule has 2 aromatic rings. The zero-order valence-electron chi connectivity index (χ0n) is 15.1. The fraction of sp³-hybridized carbons (Fsp3) is 0.444. The lowest BCUT2D eigenvalue weighted by atomic mass is 10.2. The van der Waals surface area contributed by atoms with Crippen LogP contribution in [0.25, 0.3) is 10.9 Å². The summed E-state index contributed by atoms with van der Waals surface area (Å²) in [6.45, 7) is 3.29. The van der Waals surface area contributed by atoms with Gasteiger partial charge in [0.2, 0.25) is 5.91 Å². The van der Waals surface area contributed by atoms with Gasteiger partial charge >= 0.3 is 6.03 Å². The van der Waals surface area contributed by atoms with E-state index in [2.05, 4.69) is 15.6 Å². The molecule has 0 radical (unpaired) electrons. The van der Waals surface area contributed by atoms with Crippen LogP contribution in [-0.4, -0.2) is 46.5 Å². The highest BCUT2D eigenvalue weighted by atomic mass is 32.2. The van der Waals surface area contributed by atoms with E-state index < -0.39 is 11.9 Å². The average molecular weight is 390 g/mol. The van der Waals surface area contributed by atoms with Gasteiger partial charge in [0.05, 0.1) is 29.3 Å². The first-order chi connectivity index (χ1) is 13.1. The van der Waals surface area contributed by atoms with Gasteiger partial charge in [-0.15, -0.1) is 0 Å². The molecule has 3 rings (SSSR count). The Morgan fingerprint density at radius 1 is 1.37 bits per heavy atom. The van der Waals surface area contributed by atoms with Crippen molar-refractivity contribution in [2.45, 2.75) is 37.6 Å². The molecule has 0 spiro atoms. The van der Waals surface area contributed by atoms with E-state index in [-0.39, 0.29) is 17.4 Å². The van der Waals surface area contributed by atoms with Crippen LogP contribution in [0.1, 0.15) is 19.8 Å². The molecule has 2 N–H and O–H groups in total. The molecule has 0 unspecified atom stereocenters. The molecule has 3 amide bonds. The maximum Gasteiger partial charge on any atom is 0.321 e. The second-order valence-electron chi connectivity index (χ2n) is 6.16. The molecule has 1 aromatic heterocycles. The molecule has 1 fully saturated rings. The number of ether oxygens (including phenoxy) is 1. The summed E-state index contributed by atoms with van der Waals surface area (Å²) >= 11 is 1.13. The summed E-state index contributed by atoms with van der Waals surface area (Å²) in [6, 6.07) is 6.59. The van der Waals surface area contributed by atoms with E-state index in [0.29, 0.717) is 35.8 Å². The number of imide groups is 1. The van der Waals surface area contributed by atoms with Crippen LogP contribution in [0.4, 0.5) is 4.79 Å². The monoisotopic (exact) mass is 390 g/mol. The Morgan fingerprint density at radius 3 is 2.93 bits per heavy atom. The van der Waals surface area contributed by atoms with Crippen LogP contribution in [0.3, 0.4) is 0 Å². The summed E-state index contributed by atoms with van der Waals surface area (Å²) in [5.74, 6) is -0.468. The Labute approximate surface area is 160 Å². The third kappa shape index (κ3) is 4.86. The lowest BCUT2D eigenvalue weighted by Gasteiger charge is -2.16. The Bertz CT molecular complexity index is 893. The summed E-state index contributed by atoms with van der Waals surface area (Å²) in [5.41, 5.74) is 0.431. The fourth-order valence-corrected chi connectivity index (χ4v) is 3.72. The molecule has 1 atom stereocenters. The first kappa shape index (κ1) is 19.4. The summed E-state index contributed by atoms with van der Waals surface area (Å²) in [5, 5.41) is 5.72. The van der Waals surface area contributed by atoms with Gasteiger partial charge < -0.3 is 10.1 Å². The molecule has 0 saturated carbocycles. The van der Waals surface area contributed by atoms with Crippen molar-refractivity contribution in [2.24, 2.45) is 0 Å². The van der Waals surface area contributed by atoms with Crippen LogP contribution in [0, 0.1) is 0 Å². The number of aromatic nitrogens is 2. The number of fused-ring (bicyclic) bond motifs is 1. The minimum atomic E-state index is -0.536. The quantitative estimate of drug-likeness (QED) is 0.573. The highest BCUT2D eigenvalue weighted by Gasteiger charge is 2.20. The van der Waals surface area contributed by atoms with Crippen molar-refractivity contribution < 1.29 is 14.3 Å². The molecule has 27 heavy (non-hydrogen) atoms. The van der Waals surface area contributed by atoms with E-state index >= 15 is 0 Å². The third-order valence-electron chi connectivity index (χ3n) is 4.16. The molecule has 1 aliphatic heterocycles. The smallest absolute Gasteiger partial charge is 0.321 e. The average Bonchev–Trinajstić information content (AvgIpc) is 3.16. The second kappa shape index (κ2) is 9.01. The van der Waals surface area contributed by atoms with Gasteiger partial charge in [-0.3, -0.25) is 19.5 Å². The molecule has 8 nitrogen and oxygen atoms in total. The Morgan fingerprint density at radius 2 is 2.19 bits per heavy atom. The van der Waals surface area contributed by atoms with E-state index in [0.717, 1.165) is 24.6 Å². The number of hydrogen-bond acceptors (Lipinski definition) is 6. The van der Waals surface area contributed by atoms with Crippen molar-refractivity contribution in [3.05, 3.63) is 34.6 Å². The molecule has 9 heteroatoms. The Balaban J connectivity index is 1.82. The zero-order chi connectivity index (χ0) is 19.2. The van der Waals surface area contributed by atoms with Crippen LogP contribution in [0.2, 0.25) is 0 Å². The number of nitrogens with zero attached hydrogens (tertiary/aromatic N) is 2. The van der Waals surface area contributed by atoms with Gasteiger partial charge in [-0.1, -0.05) is 23.9 Å². The summed E-state index contributed by atoms with van der Waals surface area (Å²) in [6.07, 6.45) is 1.83. The van der Waals surface area contributed by atoms with Crippen LogP contribution in [0.5, 0.6) is 0 Å². The molecule has 1 aromatic carbocycles. The molecule has 144 valence electrons. The second-order valence-corrected chi connectivity index (χ2v) is 7.10. The van der Waals surface area contributed by atoms with Crippen LogP contribution in [0.15, 0.2) is 34.2 Å². The number of rotatable bonds is 6. The van der Waals surface area contributed by atoms with Crippen molar-refractivity contribution in [3.63, 3.8) is 0 Å². The predicted octanol–water partition coefficient (Wildman–Crippen LogP) is 1.51. The molecular weight excluding hydrogens is 368 g/mol. The van der Waals surface area contributed by atoms with Crippen molar-refractivity contribution in [2.75, 3.05) is 18.9 Å². The van der Waals surface area contributed by atoms with Gasteiger partial charge in [0, 0.05) is 13.2 Å². The lowest BCUT2D eigenvalue weighted by molar-refractivity contribution is -0.117. The number of carbonyl (C=O) groups is 2. The molecule has 1 aliphatic rings. The van der Waals surface area contributed by atoms with Crippen LogP contribution < -0.4 is 16.2 Å². The van der Waals surface area contributed by atoms with Gasteiger partial charge in [-0.05, 0) is 31.9 Å². The number of para-hydroxylation sites is 1. The number of carbonyl (C=O) groups excluding carboxylic acids is 2. The molecule has 2 heterocycles. The lowest BCUT2D eigenvalue weighted by Crippen LogP contribution is -2.40. The topological polar surface area (TPSA) is 102 Å². The number of hydrogen-bond donors (Lipinski definition) is 2. The molecule has 0 bridgehead atoms. The Kier molecular flexibility index (Phi) is 6.46. The van der Waals surface area contributed by atoms with E-state index in [1.807, 2.05) is 6.07 Å². The first-order valence-electron chi connectivity index (χ1n) is 8.90. The number of benzene rings is 1. The van der Waals surface area contributed by atoms with E-state index in [4.69, 9.17) is 4.74 Å². The van der Waals surface area contributed by atoms with Gasteiger partial charge in [-0.2, -0.15) is 0 Å². The zero-order valence-corrected chi connectivity index (χ0v) is 15.9. The van der Waals surface area contributed by atoms with Crippen molar-refractivity contribution in [1.29, 1.82) is 0 Å². The maximum atomic E-state index is 12.9. The fourth-order valence-electron chi connectivity index (χ4n) is 2.91. The minimum Gasteiger partial charge on any atom is -0.376 e. The summed E-state index contributed by atoms with van der Waals surface area (Å²) in [4.78, 5) is 40.9. The maximum absolute atomic E-state index is 12.9. The van der Waals surface area contributed by atoms with Gasteiger partial charge in [0.1, 0.15) is 0 Å². The van der Waals surface area contributed by atoms with E-state index in [1.54, 1.807) is 29.7 Å². The normalized spacial score (nSPS) is 16.4. The van der Waals surface area contributed by atoms with Crippen molar-refractivity contribution >= 4 is 34.6 Å². The largest absolute Gasteiger partial charge is 0.376 e. The number of urea groups is 1. The number of thioether (sulfide) groups is 1. The van der Waals surface area contributed by atoms with Gasteiger partial charge in [0.15, 0.2) is 5.16 Å². The Hall–Kier alpha value is -2.39. The first-order valence-corrected chi connectivity index (χ1v) is 9.88. The van der Waals surface area contributed by atoms with Crippen LogP contribution in [-0.2, 0) is 16.1 Å². The highest BCUT2D eigenvalue weighted by Crippen LogP contribution is 2.20. The van der Waals surface area contributed by atoms with Crippen LogP contribution >= 0.6 is 11.8 Å². The van der Waals surface area contributed by atoms with Gasteiger partial charge in [0.25, 0.3) is 5.56 Å². The summed E-state index contributed by atoms with van der Waals surface area (Å²) in [7, 11) is 0. The standard InChI is InChI=1S/C18H22N4O4S/c1-2-19-17(25)21-15(23)11-27-18-20-14-8-4-3-7-13(14)16(24)22(18)10-12-6-5-9-26-12/h3-4,7-8,12H,2,5-6,9-11H2,1H3,(H2,19,21,23,25)/t12-/m1/s1. The molecule has 1 saturated heterocycles. The predicted molar refractivity (Wildman–Crippen MR) is 103 cm³/mol. The van der Waals surface area contributed by atoms with Gasteiger partial charge in [-0.25, -0.2) is 9.78 Å². The van der Waals surface area contributed by atoms with Crippen molar-refractivity contribution in [3.8, 4) is 0 Å². The van der Waals surface area contributed by atoms with E-state index in [9.17, 15) is 14.4 Å². The summed E-state index contributed by atoms with van der Waals surface area (Å²) < 4.78 is 7.23. The SMILES string of the molecule is CCNC(=O)NC(=O)CSc1nc2ccccc2c(=O)n1C[C@H]1CCCO1. The van der Waals surface area contributed by atoms with E-state index in [1.165, 1.54) is 0 Å². The highest BCUT2D eigenvalue weighted by molar-refractivity contribution is 7.99. The third-order valence-corrected chi connectivity index (χ3v) is 5.14. The molecule has 0 aliphatic carbocycles. The number of nitrogens with one attached hydrogen (secondary N) is 2. The van der Waals surface area contributed by atoms with Crippen molar-refractivity contribution in [1.82, 2.24) is 20.2 Å². The molecular formula is C18H22N4O4S. The number of amides is 3.